The molecular formula is C35H39N5O5S. The minimum atomic E-state index is -1.09. The third-order valence-electron chi connectivity index (χ3n) is 7.14. The van der Waals surface area contributed by atoms with Crippen LogP contribution in [0.1, 0.15) is 45.8 Å². The number of carbonyl (C=O) groups is 4. The lowest BCUT2D eigenvalue weighted by molar-refractivity contribution is -0.130. The van der Waals surface area contributed by atoms with Crippen LogP contribution in [-0.4, -0.2) is 47.8 Å². The summed E-state index contributed by atoms with van der Waals surface area (Å²) in [5, 5.41) is 10.1. The van der Waals surface area contributed by atoms with E-state index in [4.69, 9.17) is 10.5 Å². The molecule has 1 atom stereocenters. The van der Waals surface area contributed by atoms with Crippen LogP contribution in [0.5, 0.6) is 5.75 Å². The van der Waals surface area contributed by atoms with Gasteiger partial charge in [-0.15, -0.1) is 11.3 Å². The molecule has 5 amide bonds. The second kappa shape index (κ2) is 16.9. The van der Waals surface area contributed by atoms with E-state index in [1.165, 1.54) is 6.92 Å². The zero-order valence-corrected chi connectivity index (χ0v) is 26.8. The number of benzene rings is 3. The number of nitrogens with two attached hydrogens (primary N) is 1. The van der Waals surface area contributed by atoms with Crippen molar-refractivity contribution in [2.75, 3.05) is 18.5 Å². The van der Waals surface area contributed by atoms with Crippen LogP contribution in [0.15, 0.2) is 90.3 Å². The summed E-state index contributed by atoms with van der Waals surface area (Å²) in [6.07, 6.45) is 0.542. The summed E-state index contributed by atoms with van der Waals surface area (Å²) in [7, 11) is 0. The van der Waals surface area contributed by atoms with Gasteiger partial charge in [-0.3, -0.25) is 19.3 Å². The zero-order chi connectivity index (χ0) is 32.9. The van der Waals surface area contributed by atoms with Crippen LogP contribution in [0, 0.1) is 0 Å². The van der Waals surface area contributed by atoms with E-state index < -0.39 is 23.9 Å². The molecule has 0 unspecified atom stereocenters. The maximum atomic E-state index is 14.3. The van der Waals surface area contributed by atoms with Gasteiger partial charge in [-0.1, -0.05) is 66.7 Å². The van der Waals surface area contributed by atoms with Gasteiger partial charge in [0.05, 0.1) is 12.3 Å². The fourth-order valence-electron chi connectivity index (χ4n) is 4.77. The highest BCUT2D eigenvalue weighted by Gasteiger charge is 2.31. The van der Waals surface area contributed by atoms with Crippen molar-refractivity contribution in [2.45, 2.75) is 45.8 Å². The third kappa shape index (κ3) is 9.75. The number of nitrogens with zero attached hydrogens (tertiary/aromatic N) is 1. The SMILES string of the molecule is CCOc1ccc(C[C@@H](NC(=O)c2sccc2NC(C)=O)C(=O)N(CCc2ccccc2)C(=O)NCc2ccc(CN)cc2)cc1. The first-order valence-electron chi connectivity index (χ1n) is 15.1. The van der Waals surface area contributed by atoms with Crippen molar-refractivity contribution in [3.63, 3.8) is 0 Å². The number of urea groups is 1. The van der Waals surface area contributed by atoms with Crippen LogP contribution in [0.4, 0.5) is 10.5 Å². The lowest BCUT2D eigenvalue weighted by atomic mass is 10.0. The molecule has 240 valence electrons. The summed E-state index contributed by atoms with van der Waals surface area (Å²) in [6.45, 7) is 4.45. The molecule has 4 rings (SSSR count). The molecule has 0 aliphatic rings. The van der Waals surface area contributed by atoms with Gasteiger partial charge in [-0.05, 0) is 59.2 Å². The number of amides is 5. The van der Waals surface area contributed by atoms with Gasteiger partial charge in [0.25, 0.3) is 11.8 Å². The van der Waals surface area contributed by atoms with E-state index in [0.717, 1.165) is 38.5 Å². The lowest BCUT2D eigenvalue weighted by Crippen LogP contribution is -2.54. The number of imide groups is 1. The number of nitrogens with one attached hydrogen (secondary N) is 3. The highest BCUT2D eigenvalue weighted by Crippen LogP contribution is 2.23. The van der Waals surface area contributed by atoms with Crippen molar-refractivity contribution in [1.29, 1.82) is 0 Å². The molecule has 46 heavy (non-hydrogen) atoms. The second-order valence-corrected chi connectivity index (χ2v) is 11.5. The second-order valence-electron chi connectivity index (χ2n) is 10.6. The van der Waals surface area contributed by atoms with Crippen LogP contribution in [-0.2, 0) is 35.5 Å². The van der Waals surface area contributed by atoms with Crippen LogP contribution >= 0.6 is 11.3 Å². The van der Waals surface area contributed by atoms with E-state index in [1.807, 2.05) is 73.7 Å². The number of rotatable bonds is 14. The van der Waals surface area contributed by atoms with E-state index >= 15 is 0 Å². The Labute approximate surface area is 272 Å². The van der Waals surface area contributed by atoms with E-state index in [9.17, 15) is 19.2 Å². The van der Waals surface area contributed by atoms with Gasteiger partial charge in [0, 0.05) is 33.0 Å². The van der Waals surface area contributed by atoms with E-state index in [-0.39, 0.29) is 30.3 Å². The zero-order valence-electron chi connectivity index (χ0n) is 26.0. The summed E-state index contributed by atoms with van der Waals surface area (Å²) in [4.78, 5) is 54.6. The maximum Gasteiger partial charge on any atom is 0.324 e. The molecule has 11 heteroatoms. The molecule has 4 aromatic rings. The molecule has 0 spiro atoms. The van der Waals surface area contributed by atoms with Gasteiger partial charge in [0.15, 0.2) is 0 Å². The van der Waals surface area contributed by atoms with Gasteiger partial charge < -0.3 is 26.4 Å². The smallest absolute Gasteiger partial charge is 0.324 e. The Kier molecular flexibility index (Phi) is 12.4. The molecule has 5 N–H and O–H groups in total. The molecule has 1 aromatic heterocycles. The van der Waals surface area contributed by atoms with Crippen LogP contribution in [0.25, 0.3) is 0 Å². The minimum absolute atomic E-state index is 0.0899. The predicted molar refractivity (Wildman–Crippen MR) is 180 cm³/mol. The molecule has 0 fully saturated rings. The number of thiophene rings is 1. The van der Waals surface area contributed by atoms with Gasteiger partial charge >= 0.3 is 6.03 Å². The maximum absolute atomic E-state index is 14.3. The minimum Gasteiger partial charge on any atom is -0.494 e. The van der Waals surface area contributed by atoms with Crippen molar-refractivity contribution >= 4 is 40.8 Å². The predicted octanol–water partition coefficient (Wildman–Crippen LogP) is 4.89. The molecular weight excluding hydrogens is 602 g/mol. The van der Waals surface area contributed by atoms with Crippen LogP contribution in [0.3, 0.4) is 0 Å². The Hall–Kier alpha value is -5.00. The fourth-order valence-corrected chi connectivity index (χ4v) is 5.53. The summed E-state index contributed by atoms with van der Waals surface area (Å²) < 4.78 is 5.55. The molecule has 0 saturated carbocycles. The average Bonchev–Trinajstić information content (AvgIpc) is 3.52. The topological polar surface area (TPSA) is 143 Å². The van der Waals surface area contributed by atoms with Crippen molar-refractivity contribution in [3.05, 3.63) is 117 Å². The molecule has 0 saturated heterocycles. The highest BCUT2D eigenvalue weighted by molar-refractivity contribution is 7.12. The first-order valence-corrected chi connectivity index (χ1v) is 15.9. The number of hydrogen-bond donors (Lipinski definition) is 4. The van der Waals surface area contributed by atoms with Crippen molar-refractivity contribution in [3.8, 4) is 5.75 Å². The average molecular weight is 642 g/mol. The number of anilines is 1. The highest BCUT2D eigenvalue weighted by atomic mass is 32.1. The largest absolute Gasteiger partial charge is 0.494 e. The normalized spacial score (nSPS) is 11.3. The van der Waals surface area contributed by atoms with Crippen LogP contribution in [0.2, 0.25) is 0 Å². The van der Waals surface area contributed by atoms with Crippen molar-refractivity contribution in [2.24, 2.45) is 5.73 Å². The molecule has 3 aromatic carbocycles. The van der Waals surface area contributed by atoms with E-state index in [1.54, 1.807) is 23.6 Å². The Morgan fingerprint density at radius 1 is 0.870 bits per heavy atom. The van der Waals surface area contributed by atoms with Gasteiger partial charge in [-0.2, -0.15) is 0 Å². The number of carbonyl (C=O) groups excluding carboxylic acids is 4. The first-order chi connectivity index (χ1) is 22.3. The quantitative estimate of drug-likeness (QED) is 0.155. The first kappa shape index (κ1) is 33.9. The Morgan fingerprint density at radius 3 is 2.20 bits per heavy atom. The molecule has 10 nitrogen and oxygen atoms in total. The van der Waals surface area contributed by atoms with Gasteiger partial charge in [-0.25, -0.2) is 4.79 Å². The Balaban J connectivity index is 1.61. The molecule has 0 bridgehead atoms. The van der Waals surface area contributed by atoms with Gasteiger partial charge in [0.2, 0.25) is 5.91 Å². The number of hydrogen-bond acceptors (Lipinski definition) is 7. The monoisotopic (exact) mass is 641 g/mol. The standard InChI is InChI=1S/C35H39N5O5S/c1-3-45-29-15-13-26(14-16-29)21-31(39-33(42)32-30(18-20-46-32)38-24(2)41)34(43)40(19-17-25-7-5-4-6-8-25)35(44)37-23-28-11-9-27(22-36)10-12-28/h4-16,18,20,31H,3,17,19,21-23,36H2,1-2H3,(H,37,44)(H,38,41)(H,39,42)/t31-/m1/s1. The van der Waals surface area contributed by atoms with Crippen molar-refractivity contribution < 1.29 is 23.9 Å². The summed E-state index contributed by atoms with van der Waals surface area (Å²) in [6, 6.07) is 24.3. The Bertz CT molecular complexity index is 1610. The lowest BCUT2D eigenvalue weighted by Gasteiger charge is -2.27. The molecule has 1 heterocycles. The summed E-state index contributed by atoms with van der Waals surface area (Å²) >= 11 is 1.14. The molecule has 0 aliphatic carbocycles. The van der Waals surface area contributed by atoms with Crippen LogP contribution < -0.4 is 26.4 Å². The van der Waals surface area contributed by atoms with E-state index in [2.05, 4.69) is 16.0 Å². The summed E-state index contributed by atoms with van der Waals surface area (Å²) in [5.74, 6) is -0.742. The fraction of sp³-hybridized carbons (Fsp3) is 0.257. The third-order valence-corrected chi connectivity index (χ3v) is 8.05. The van der Waals surface area contributed by atoms with E-state index in [0.29, 0.717) is 31.0 Å². The van der Waals surface area contributed by atoms with Gasteiger partial charge in [0.1, 0.15) is 16.7 Å². The molecule has 0 aliphatic heterocycles. The molecule has 0 radical (unpaired) electrons. The Morgan fingerprint density at radius 2 is 1.54 bits per heavy atom. The summed E-state index contributed by atoms with van der Waals surface area (Å²) in [5.41, 5.74) is 9.59. The number of ether oxygens (including phenoxy) is 1. The van der Waals surface area contributed by atoms with Crippen molar-refractivity contribution in [1.82, 2.24) is 15.5 Å².